The summed E-state index contributed by atoms with van der Waals surface area (Å²) in [5, 5.41) is 30.9. The smallest absolute Gasteiger partial charge is 0.306 e. The van der Waals surface area contributed by atoms with Crippen LogP contribution in [0, 0.1) is 0 Å². The van der Waals surface area contributed by atoms with Gasteiger partial charge in [0.25, 0.3) is 10.1 Å². The summed E-state index contributed by atoms with van der Waals surface area (Å²) >= 11 is 0. The van der Waals surface area contributed by atoms with Crippen molar-refractivity contribution in [2.45, 2.75) is 211 Å². The second-order valence-corrected chi connectivity index (χ2v) is 17.2. The first kappa shape index (κ1) is 54.6. The Kier molecular flexibility index (Phi) is 33.6. The molecular weight excluding hydrogens is 777 g/mol. The molecule has 59 heavy (non-hydrogen) atoms. The maximum atomic E-state index is 12.8. The molecule has 0 aromatic heterocycles. The molecule has 13 heteroatoms. The summed E-state index contributed by atoms with van der Waals surface area (Å²) in [6.45, 7) is 3.67. The molecule has 12 nitrogen and oxygen atoms in total. The highest BCUT2D eigenvalue weighted by atomic mass is 32.2. The number of carbonyl (C=O) groups excluding carboxylic acids is 2. The predicted octanol–water partition coefficient (Wildman–Crippen LogP) is 9.17. The highest BCUT2D eigenvalue weighted by Gasteiger charge is 2.46. The summed E-state index contributed by atoms with van der Waals surface area (Å²) in [6, 6.07) is 0. The van der Waals surface area contributed by atoms with Crippen LogP contribution in [-0.4, -0.2) is 96.0 Å². The van der Waals surface area contributed by atoms with Crippen molar-refractivity contribution in [3.63, 3.8) is 0 Å². The number of hydrogen-bond acceptors (Lipinski definition) is 11. The Labute approximate surface area is 356 Å². The van der Waals surface area contributed by atoms with Crippen molar-refractivity contribution in [3.8, 4) is 0 Å². The number of unbranched alkanes of at least 4 members (excludes halogenated alkanes) is 17. The largest absolute Gasteiger partial charge is 0.462 e. The maximum Gasteiger partial charge on any atom is 0.306 e. The lowest BCUT2D eigenvalue weighted by Crippen LogP contribution is -2.60. The molecule has 1 fully saturated rings. The molecule has 1 heterocycles. The summed E-state index contributed by atoms with van der Waals surface area (Å²) in [5.41, 5.74) is 0. The Hall–Kier alpha value is -2.39. The molecule has 4 N–H and O–H groups in total. The first-order chi connectivity index (χ1) is 28.5. The third-order valence-electron chi connectivity index (χ3n) is 10.1. The van der Waals surface area contributed by atoms with E-state index in [0.29, 0.717) is 12.8 Å². The van der Waals surface area contributed by atoms with Crippen molar-refractivity contribution in [2.24, 2.45) is 0 Å². The fourth-order valence-corrected chi connectivity index (χ4v) is 7.24. The van der Waals surface area contributed by atoms with Crippen LogP contribution < -0.4 is 0 Å². The van der Waals surface area contributed by atoms with Gasteiger partial charge in [0.2, 0.25) is 0 Å². The summed E-state index contributed by atoms with van der Waals surface area (Å²) in [4.78, 5) is 25.4. The van der Waals surface area contributed by atoms with Gasteiger partial charge in [-0.1, -0.05) is 140 Å². The molecule has 1 aliphatic heterocycles. The van der Waals surface area contributed by atoms with E-state index in [1.807, 2.05) is 0 Å². The third-order valence-corrected chi connectivity index (χ3v) is 10.9. The van der Waals surface area contributed by atoms with E-state index in [-0.39, 0.29) is 19.4 Å². The maximum absolute atomic E-state index is 12.8. The van der Waals surface area contributed by atoms with Crippen molar-refractivity contribution < 1.29 is 56.8 Å². The summed E-state index contributed by atoms with van der Waals surface area (Å²) in [6.07, 6.45) is 32.9. The van der Waals surface area contributed by atoms with E-state index < -0.39 is 71.2 Å². The van der Waals surface area contributed by atoms with Crippen molar-refractivity contribution in [2.75, 3.05) is 19.0 Å². The number of rotatable bonds is 37. The van der Waals surface area contributed by atoms with Gasteiger partial charge in [-0.2, -0.15) is 8.42 Å². The molecule has 0 spiro atoms. The van der Waals surface area contributed by atoms with Gasteiger partial charge < -0.3 is 34.3 Å². The van der Waals surface area contributed by atoms with Crippen molar-refractivity contribution >= 4 is 22.1 Å². The lowest BCUT2D eigenvalue weighted by atomic mass is 10.00. The van der Waals surface area contributed by atoms with Gasteiger partial charge in [0.1, 0.15) is 36.8 Å². The number of esters is 2. The number of hydrogen-bond donors (Lipinski definition) is 4. The molecular formula is C46H80O12S. The van der Waals surface area contributed by atoms with Gasteiger partial charge in [-0.3, -0.25) is 14.1 Å². The molecule has 0 amide bonds. The van der Waals surface area contributed by atoms with E-state index in [4.69, 9.17) is 18.9 Å². The minimum absolute atomic E-state index is 0.145. The minimum atomic E-state index is -4.61. The lowest BCUT2D eigenvalue weighted by Gasteiger charge is -2.40. The van der Waals surface area contributed by atoms with Gasteiger partial charge >= 0.3 is 11.9 Å². The second kappa shape index (κ2) is 36.3. The van der Waals surface area contributed by atoms with Crippen LogP contribution in [0.3, 0.4) is 0 Å². The Morgan fingerprint density at radius 2 is 1.03 bits per heavy atom. The topological polar surface area (TPSA) is 186 Å². The summed E-state index contributed by atoms with van der Waals surface area (Å²) in [7, 11) is -4.61. The molecule has 2 unspecified atom stereocenters. The van der Waals surface area contributed by atoms with Gasteiger partial charge in [-0.05, 0) is 70.6 Å². The lowest BCUT2D eigenvalue weighted by molar-refractivity contribution is -0.297. The molecule has 342 valence electrons. The molecule has 0 bridgehead atoms. The Bertz CT molecular complexity index is 1280. The van der Waals surface area contributed by atoms with E-state index in [0.717, 1.165) is 83.5 Å². The third kappa shape index (κ3) is 31.2. The predicted molar refractivity (Wildman–Crippen MR) is 233 cm³/mol. The molecule has 0 aromatic carbocycles. The first-order valence-electron chi connectivity index (χ1n) is 22.7. The van der Waals surface area contributed by atoms with Gasteiger partial charge in [-0.15, -0.1) is 0 Å². The van der Waals surface area contributed by atoms with Crippen LogP contribution in [0.2, 0.25) is 0 Å². The normalized spacial score (nSPS) is 20.7. The summed E-state index contributed by atoms with van der Waals surface area (Å²) in [5.74, 6) is -2.01. The average molecular weight is 857 g/mol. The molecule has 6 atom stereocenters. The minimum Gasteiger partial charge on any atom is -0.462 e. The summed E-state index contributed by atoms with van der Waals surface area (Å²) < 4.78 is 54.0. The van der Waals surface area contributed by atoms with E-state index in [2.05, 4.69) is 62.5 Å². The Balaban J connectivity index is 2.46. The number of carbonyl (C=O) groups is 2. The van der Waals surface area contributed by atoms with Gasteiger partial charge in [-0.25, -0.2) is 0 Å². The Morgan fingerprint density at radius 1 is 0.576 bits per heavy atom. The van der Waals surface area contributed by atoms with Gasteiger partial charge in [0, 0.05) is 12.8 Å². The monoisotopic (exact) mass is 857 g/mol. The van der Waals surface area contributed by atoms with Crippen molar-refractivity contribution in [1.29, 1.82) is 0 Å². The zero-order valence-corrected chi connectivity index (χ0v) is 37.2. The van der Waals surface area contributed by atoms with E-state index in [9.17, 15) is 37.9 Å². The number of aliphatic hydroxyl groups excluding tert-OH is 3. The highest BCUT2D eigenvalue weighted by Crippen LogP contribution is 2.24. The number of allylic oxidation sites excluding steroid dienone is 8. The molecule has 0 aliphatic carbocycles. The van der Waals surface area contributed by atoms with Crippen LogP contribution in [-0.2, 0) is 38.7 Å². The Morgan fingerprint density at radius 3 is 1.54 bits per heavy atom. The zero-order chi connectivity index (χ0) is 43.4. The van der Waals surface area contributed by atoms with Crippen LogP contribution in [0.25, 0.3) is 0 Å². The number of aliphatic hydroxyl groups is 3. The highest BCUT2D eigenvalue weighted by molar-refractivity contribution is 7.85. The van der Waals surface area contributed by atoms with E-state index >= 15 is 0 Å². The van der Waals surface area contributed by atoms with Crippen LogP contribution in [0.1, 0.15) is 174 Å². The van der Waals surface area contributed by atoms with Crippen LogP contribution >= 0.6 is 0 Å². The van der Waals surface area contributed by atoms with Gasteiger partial charge in [0.05, 0.1) is 6.61 Å². The average Bonchev–Trinajstić information content (AvgIpc) is 3.20. The standard InChI is InChI=1S/C46H80O12S/c1-3-5-7-9-11-13-15-17-19-20-21-23-24-26-28-30-32-34-41(47)55-36-39(37-56-46-45(51)44(50)43(49)40(58-46)38-59(52,53)54)57-42(48)35-33-31-29-27-25-22-18-16-14-12-10-8-6-4-2/h10-13,16-19,39-40,43-46,49-51H,3-9,14-15,20-38H2,1-2H3,(H,52,53,54)/b12-10+,13-11+,18-16+,19-17+/t39-,40-,43-,44?,45?,46+/m1/s1. The zero-order valence-electron chi connectivity index (χ0n) is 36.3. The van der Waals surface area contributed by atoms with E-state index in [1.165, 1.54) is 51.4 Å². The molecule has 1 aliphatic rings. The van der Waals surface area contributed by atoms with Crippen molar-refractivity contribution in [3.05, 3.63) is 48.6 Å². The molecule has 1 rings (SSSR count). The van der Waals surface area contributed by atoms with Crippen molar-refractivity contribution in [1.82, 2.24) is 0 Å². The molecule has 0 aromatic rings. The first-order valence-corrected chi connectivity index (χ1v) is 24.3. The molecule has 0 saturated carbocycles. The van der Waals surface area contributed by atoms with Gasteiger partial charge in [0.15, 0.2) is 12.4 Å². The fraction of sp³-hybridized carbons (Fsp3) is 0.783. The molecule has 0 radical (unpaired) electrons. The van der Waals surface area contributed by atoms with Crippen LogP contribution in [0.15, 0.2) is 48.6 Å². The quantitative estimate of drug-likeness (QED) is 0.0201. The fourth-order valence-electron chi connectivity index (χ4n) is 6.55. The molecule has 1 saturated heterocycles. The van der Waals surface area contributed by atoms with Crippen LogP contribution in [0.5, 0.6) is 0 Å². The second-order valence-electron chi connectivity index (χ2n) is 15.7. The van der Waals surface area contributed by atoms with E-state index in [1.54, 1.807) is 0 Å². The number of ether oxygens (including phenoxy) is 4. The SMILES string of the molecule is CCCC/C=C/C/C=C/CCCCCCCC(=O)O[C@H](COC(=O)CCCCCCCCC/C=C/C/C=C/CCCCC)CO[C@H]1O[C@H](CS(=O)(=O)O)[C@@H](O)C(O)C1O. The van der Waals surface area contributed by atoms with Crippen LogP contribution in [0.4, 0.5) is 0 Å².